The molecule has 156 valence electrons. The van der Waals surface area contributed by atoms with E-state index in [1.807, 2.05) is 19.9 Å². The minimum Gasteiger partial charge on any atom is -0.355 e. The molecule has 11 heteroatoms. The highest BCUT2D eigenvalue weighted by molar-refractivity contribution is 7.91. The Morgan fingerprint density at radius 1 is 1.24 bits per heavy atom. The maximum atomic E-state index is 12.4. The second-order valence-corrected chi connectivity index (χ2v) is 9.75. The Hall–Kier alpha value is -2.87. The third kappa shape index (κ3) is 3.48. The van der Waals surface area contributed by atoms with Crippen LogP contribution in [0.5, 0.6) is 0 Å². The van der Waals surface area contributed by atoms with Crippen molar-refractivity contribution in [1.82, 2.24) is 18.9 Å². The van der Waals surface area contributed by atoms with Crippen molar-refractivity contribution < 1.29 is 8.42 Å². The second-order valence-electron chi connectivity index (χ2n) is 7.52. The van der Waals surface area contributed by atoms with Crippen molar-refractivity contribution in [3.63, 3.8) is 0 Å². The molecule has 0 aromatic carbocycles. The van der Waals surface area contributed by atoms with Crippen LogP contribution >= 0.6 is 0 Å². The van der Waals surface area contributed by atoms with Crippen LogP contribution in [0.3, 0.4) is 0 Å². The Kier molecular flexibility index (Phi) is 5.17. The van der Waals surface area contributed by atoms with E-state index in [0.29, 0.717) is 13.0 Å². The van der Waals surface area contributed by atoms with Crippen LogP contribution in [-0.4, -0.2) is 45.9 Å². The van der Waals surface area contributed by atoms with Crippen LogP contribution in [0.2, 0.25) is 0 Å². The minimum atomic E-state index is -3.04. The molecule has 0 radical (unpaired) electrons. The SMILES string of the molecule is Cc1nn([C@H]2CCS(=O)(=O)C2)c(C)c1CN(C)c1c(C#N)c(=O)n(C)c(=O)n1C. The average molecular weight is 420 g/mol. The highest BCUT2D eigenvalue weighted by Crippen LogP contribution is 2.28. The summed E-state index contributed by atoms with van der Waals surface area (Å²) < 4.78 is 27.6. The van der Waals surface area contributed by atoms with Gasteiger partial charge in [-0.3, -0.25) is 18.6 Å². The van der Waals surface area contributed by atoms with Crippen LogP contribution < -0.4 is 16.1 Å². The molecule has 1 aliphatic rings. The van der Waals surface area contributed by atoms with E-state index in [1.54, 1.807) is 16.6 Å². The molecule has 1 aliphatic heterocycles. The first-order chi connectivity index (χ1) is 13.5. The predicted molar refractivity (Wildman–Crippen MR) is 108 cm³/mol. The van der Waals surface area contributed by atoms with Crippen LogP contribution in [0.15, 0.2) is 9.59 Å². The number of hydrogen-bond donors (Lipinski definition) is 0. The maximum absolute atomic E-state index is 12.4. The van der Waals surface area contributed by atoms with E-state index in [4.69, 9.17) is 0 Å². The number of aromatic nitrogens is 4. The molecule has 2 aromatic rings. The van der Waals surface area contributed by atoms with Gasteiger partial charge in [-0.1, -0.05) is 0 Å². The number of anilines is 1. The molecule has 29 heavy (non-hydrogen) atoms. The second kappa shape index (κ2) is 7.18. The maximum Gasteiger partial charge on any atom is 0.332 e. The van der Waals surface area contributed by atoms with Gasteiger partial charge in [-0.25, -0.2) is 13.2 Å². The molecule has 0 unspecified atom stereocenters. The topological polar surface area (TPSA) is 123 Å². The number of rotatable bonds is 4. The van der Waals surface area contributed by atoms with Gasteiger partial charge in [0, 0.05) is 38.9 Å². The third-order valence-electron chi connectivity index (χ3n) is 5.53. The molecule has 0 amide bonds. The summed E-state index contributed by atoms with van der Waals surface area (Å²) in [7, 11) is 1.51. The van der Waals surface area contributed by atoms with E-state index < -0.39 is 21.1 Å². The highest BCUT2D eigenvalue weighted by Gasteiger charge is 2.31. The summed E-state index contributed by atoms with van der Waals surface area (Å²) in [5.74, 6) is 0.466. The Bertz CT molecular complexity index is 1250. The fourth-order valence-corrected chi connectivity index (χ4v) is 5.63. The van der Waals surface area contributed by atoms with Crippen LogP contribution in [-0.2, 0) is 30.5 Å². The van der Waals surface area contributed by atoms with Crippen molar-refractivity contribution >= 4 is 15.7 Å². The van der Waals surface area contributed by atoms with E-state index in [9.17, 15) is 23.3 Å². The molecule has 1 atom stereocenters. The fraction of sp³-hybridized carbons (Fsp3) is 0.556. The van der Waals surface area contributed by atoms with Gasteiger partial charge >= 0.3 is 5.69 Å². The quantitative estimate of drug-likeness (QED) is 0.669. The lowest BCUT2D eigenvalue weighted by molar-refractivity contribution is 0.485. The van der Waals surface area contributed by atoms with Crippen molar-refractivity contribution in [2.45, 2.75) is 32.9 Å². The number of nitrogens with zero attached hydrogens (tertiary/aromatic N) is 6. The molecule has 2 aromatic heterocycles. The smallest absolute Gasteiger partial charge is 0.332 e. The Balaban J connectivity index is 2.02. The Morgan fingerprint density at radius 3 is 2.45 bits per heavy atom. The summed E-state index contributed by atoms with van der Waals surface area (Å²) in [6, 6.07) is 1.71. The van der Waals surface area contributed by atoms with Crippen molar-refractivity contribution in [3.05, 3.63) is 43.4 Å². The van der Waals surface area contributed by atoms with Crippen molar-refractivity contribution in [3.8, 4) is 6.07 Å². The lowest BCUT2D eigenvalue weighted by Gasteiger charge is -2.23. The van der Waals surface area contributed by atoms with Gasteiger partial charge in [-0.05, 0) is 20.3 Å². The minimum absolute atomic E-state index is 0.0754. The summed E-state index contributed by atoms with van der Waals surface area (Å²) in [6.45, 7) is 4.03. The molecule has 1 fully saturated rings. The van der Waals surface area contributed by atoms with E-state index in [1.165, 1.54) is 18.7 Å². The number of hydrogen-bond acceptors (Lipinski definition) is 7. The Morgan fingerprint density at radius 2 is 1.90 bits per heavy atom. The fourth-order valence-electron chi connectivity index (χ4n) is 3.94. The van der Waals surface area contributed by atoms with Gasteiger partial charge in [-0.15, -0.1) is 0 Å². The molecule has 0 saturated carbocycles. The van der Waals surface area contributed by atoms with Crippen LogP contribution in [0.25, 0.3) is 0 Å². The molecule has 0 aliphatic carbocycles. The van der Waals surface area contributed by atoms with Crippen molar-refractivity contribution in [1.29, 1.82) is 5.26 Å². The van der Waals surface area contributed by atoms with Gasteiger partial charge < -0.3 is 4.90 Å². The molecule has 10 nitrogen and oxygen atoms in total. The van der Waals surface area contributed by atoms with Crippen LogP contribution in [0, 0.1) is 25.2 Å². The normalized spacial score (nSPS) is 18.0. The summed E-state index contributed by atoms with van der Waals surface area (Å²) in [4.78, 5) is 26.3. The van der Waals surface area contributed by atoms with Gasteiger partial charge in [0.05, 0.1) is 23.2 Å². The molecule has 3 rings (SSSR count). The zero-order valence-corrected chi connectivity index (χ0v) is 17.9. The van der Waals surface area contributed by atoms with E-state index >= 15 is 0 Å². The van der Waals surface area contributed by atoms with Gasteiger partial charge in [0.15, 0.2) is 15.4 Å². The first kappa shape index (κ1) is 20.9. The van der Waals surface area contributed by atoms with E-state index in [2.05, 4.69) is 5.10 Å². The lowest BCUT2D eigenvalue weighted by atomic mass is 10.1. The predicted octanol–water partition coefficient (Wildman–Crippen LogP) is -0.235. The molecule has 0 bridgehead atoms. The van der Waals surface area contributed by atoms with Gasteiger partial charge in [0.25, 0.3) is 5.56 Å². The van der Waals surface area contributed by atoms with Crippen LogP contribution in [0.4, 0.5) is 5.82 Å². The Labute approximate surface area is 168 Å². The zero-order chi connectivity index (χ0) is 21.7. The summed E-state index contributed by atoms with van der Waals surface area (Å²) in [6.07, 6.45) is 0.529. The molecule has 3 heterocycles. The van der Waals surface area contributed by atoms with Crippen molar-refractivity contribution in [2.75, 3.05) is 23.5 Å². The summed E-state index contributed by atoms with van der Waals surface area (Å²) >= 11 is 0. The first-order valence-corrected chi connectivity index (χ1v) is 11.0. The molecular weight excluding hydrogens is 396 g/mol. The number of aryl methyl sites for hydroxylation is 1. The zero-order valence-electron chi connectivity index (χ0n) is 17.1. The van der Waals surface area contributed by atoms with Crippen LogP contribution in [0.1, 0.15) is 35.0 Å². The monoisotopic (exact) mass is 420 g/mol. The standard InChI is InChI=1S/C18H24N6O4S/c1-11-15(12(2)24(20-11)13-6-7-29(27,28)10-13)9-21(3)16-14(8-19)17(25)23(5)18(26)22(16)4/h13H,6-7,9-10H2,1-5H3/t13-/m0/s1. The van der Waals surface area contributed by atoms with Gasteiger partial charge in [0.2, 0.25) is 0 Å². The number of sulfone groups is 1. The van der Waals surface area contributed by atoms with E-state index in [-0.39, 0.29) is 28.9 Å². The largest absolute Gasteiger partial charge is 0.355 e. The average Bonchev–Trinajstić information content (AvgIpc) is 3.15. The molecule has 0 N–H and O–H groups in total. The van der Waals surface area contributed by atoms with Gasteiger partial charge in [0.1, 0.15) is 11.9 Å². The third-order valence-corrected chi connectivity index (χ3v) is 7.28. The lowest BCUT2D eigenvalue weighted by Crippen LogP contribution is -2.41. The number of nitriles is 1. The van der Waals surface area contributed by atoms with Crippen molar-refractivity contribution in [2.24, 2.45) is 14.1 Å². The summed E-state index contributed by atoms with van der Waals surface area (Å²) in [5.41, 5.74) is 1.18. The molecule has 0 spiro atoms. The molecule has 1 saturated heterocycles. The van der Waals surface area contributed by atoms with E-state index in [0.717, 1.165) is 21.5 Å². The highest BCUT2D eigenvalue weighted by atomic mass is 32.2. The molecular formula is C18H24N6O4S. The summed E-state index contributed by atoms with van der Waals surface area (Å²) in [5, 5.41) is 14.0. The van der Waals surface area contributed by atoms with Gasteiger partial charge in [-0.2, -0.15) is 10.4 Å². The first-order valence-electron chi connectivity index (χ1n) is 9.14.